The van der Waals surface area contributed by atoms with E-state index in [-0.39, 0.29) is 5.56 Å². The minimum Gasteiger partial charge on any atom is -0.478 e. The molecule has 30 heavy (non-hydrogen) atoms. The van der Waals surface area contributed by atoms with Crippen molar-refractivity contribution in [1.82, 2.24) is 0 Å². The molecule has 5 N–H and O–H groups in total. The number of anilines is 1. The van der Waals surface area contributed by atoms with Crippen molar-refractivity contribution in [2.75, 3.05) is 5.43 Å². The lowest BCUT2D eigenvalue weighted by atomic mass is 10.1. The maximum Gasteiger partial charge on any atom is 0.335 e. The fourth-order valence-corrected chi connectivity index (χ4v) is 3.96. The van der Waals surface area contributed by atoms with Gasteiger partial charge in [-0.1, -0.05) is 66.2 Å². The highest BCUT2D eigenvalue weighted by molar-refractivity contribution is 7.86. The molecule has 0 aliphatic carbocycles. The molecular formula is C21H17ClN2O5S. The van der Waals surface area contributed by atoms with E-state index in [2.05, 4.69) is 5.43 Å². The van der Waals surface area contributed by atoms with Gasteiger partial charge in [-0.2, -0.15) is 8.42 Å². The number of aromatic carboxylic acids is 1. The van der Waals surface area contributed by atoms with Gasteiger partial charge in [0.2, 0.25) is 0 Å². The minimum absolute atomic E-state index is 0.184. The molecule has 9 heteroatoms. The summed E-state index contributed by atoms with van der Waals surface area (Å²) >= 11 is 5.96. The number of nitrogens with two attached hydrogens (primary N) is 1. The summed E-state index contributed by atoms with van der Waals surface area (Å²) in [5.74, 6) is 4.13. The molecule has 4 rings (SSSR count). The molecule has 4 aromatic carbocycles. The summed E-state index contributed by atoms with van der Waals surface area (Å²) in [6.07, 6.45) is 0. The standard InChI is InChI=1S/C11H8O5S.C10H9ClN2/c12-11(13)8-5-7-3-1-2-4-9(7)10(6-8)17(14,15)16;11-9-6-5-7-3-1-2-4-8(7)10(9)13-12/h1-6H,(H,12,13)(H,14,15,16);1-6,13H,12H2. The number of carboxylic acids is 1. The van der Waals surface area contributed by atoms with Crippen LogP contribution < -0.4 is 11.3 Å². The van der Waals surface area contributed by atoms with Crippen molar-refractivity contribution < 1.29 is 22.9 Å². The lowest BCUT2D eigenvalue weighted by Crippen LogP contribution is -2.07. The molecule has 0 saturated carbocycles. The molecule has 0 bridgehead atoms. The van der Waals surface area contributed by atoms with Crippen LogP contribution in [0.2, 0.25) is 5.02 Å². The molecule has 4 aromatic rings. The molecule has 0 radical (unpaired) electrons. The number of nitrogen functional groups attached to an aromatic ring is 1. The third-order valence-electron chi connectivity index (χ3n) is 4.37. The smallest absolute Gasteiger partial charge is 0.335 e. The first-order valence-electron chi connectivity index (χ1n) is 8.60. The van der Waals surface area contributed by atoms with Gasteiger partial charge < -0.3 is 10.5 Å². The van der Waals surface area contributed by atoms with Crippen molar-refractivity contribution in [2.45, 2.75) is 4.90 Å². The Labute approximate surface area is 177 Å². The molecule has 0 heterocycles. The zero-order valence-electron chi connectivity index (χ0n) is 15.4. The number of halogens is 1. The highest BCUT2D eigenvalue weighted by atomic mass is 35.5. The second kappa shape index (κ2) is 8.68. The van der Waals surface area contributed by atoms with Gasteiger partial charge in [-0.05, 0) is 29.0 Å². The van der Waals surface area contributed by atoms with Gasteiger partial charge in [-0.3, -0.25) is 10.4 Å². The van der Waals surface area contributed by atoms with Crippen LogP contribution in [-0.2, 0) is 10.1 Å². The lowest BCUT2D eigenvalue weighted by Gasteiger charge is -2.07. The number of hydrogen-bond donors (Lipinski definition) is 4. The van der Waals surface area contributed by atoms with Gasteiger partial charge in [0.15, 0.2) is 0 Å². The first-order valence-corrected chi connectivity index (χ1v) is 10.4. The zero-order valence-corrected chi connectivity index (χ0v) is 17.0. The maximum absolute atomic E-state index is 11.2. The largest absolute Gasteiger partial charge is 0.478 e. The fourth-order valence-electron chi connectivity index (χ4n) is 3.00. The molecule has 0 amide bonds. The van der Waals surface area contributed by atoms with Crippen molar-refractivity contribution >= 4 is 54.9 Å². The second-order valence-electron chi connectivity index (χ2n) is 6.26. The van der Waals surface area contributed by atoms with Gasteiger partial charge in [-0.25, -0.2) is 4.79 Å². The summed E-state index contributed by atoms with van der Waals surface area (Å²) in [6.45, 7) is 0. The van der Waals surface area contributed by atoms with E-state index >= 15 is 0 Å². The number of fused-ring (bicyclic) bond motifs is 2. The van der Waals surface area contributed by atoms with Crippen molar-refractivity contribution in [1.29, 1.82) is 0 Å². The number of carbonyl (C=O) groups is 1. The van der Waals surface area contributed by atoms with Gasteiger partial charge in [-0.15, -0.1) is 0 Å². The predicted molar refractivity (Wildman–Crippen MR) is 117 cm³/mol. The summed E-state index contributed by atoms with van der Waals surface area (Å²) in [7, 11) is -4.45. The highest BCUT2D eigenvalue weighted by Gasteiger charge is 2.17. The number of nitrogens with one attached hydrogen (secondary N) is 1. The van der Waals surface area contributed by atoms with Crippen LogP contribution in [0.5, 0.6) is 0 Å². The van der Waals surface area contributed by atoms with Crippen LogP contribution >= 0.6 is 11.6 Å². The molecule has 154 valence electrons. The topological polar surface area (TPSA) is 130 Å². The summed E-state index contributed by atoms with van der Waals surface area (Å²) in [4.78, 5) is 10.5. The summed E-state index contributed by atoms with van der Waals surface area (Å²) < 4.78 is 31.4. The van der Waals surface area contributed by atoms with E-state index < -0.39 is 21.0 Å². The van der Waals surface area contributed by atoms with Gasteiger partial charge in [0.25, 0.3) is 10.1 Å². The fraction of sp³-hybridized carbons (Fsp3) is 0. The molecule has 7 nitrogen and oxygen atoms in total. The average molecular weight is 445 g/mol. The van der Waals surface area contributed by atoms with E-state index in [0.29, 0.717) is 15.8 Å². The predicted octanol–water partition coefficient (Wildman–Crippen LogP) is 4.56. The van der Waals surface area contributed by atoms with Gasteiger partial charge in [0, 0.05) is 10.8 Å². The first kappa shape index (κ1) is 21.5. The van der Waals surface area contributed by atoms with E-state index in [1.54, 1.807) is 18.2 Å². The molecule has 0 unspecified atom stereocenters. The molecule has 0 spiro atoms. The SMILES string of the molecule is NNc1c(Cl)ccc2ccccc12.O=C(O)c1cc(S(=O)(=O)O)c2ccccc2c1. The third kappa shape index (κ3) is 4.52. The molecule has 0 atom stereocenters. The summed E-state index contributed by atoms with van der Waals surface area (Å²) in [6, 6.07) is 20.4. The number of rotatable bonds is 3. The van der Waals surface area contributed by atoms with Crippen LogP contribution in [0.3, 0.4) is 0 Å². The highest BCUT2D eigenvalue weighted by Crippen LogP contribution is 2.30. The Morgan fingerprint density at radius 1 is 0.900 bits per heavy atom. The quantitative estimate of drug-likeness (QED) is 0.207. The van der Waals surface area contributed by atoms with Gasteiger partial charge in [0.05, 0.1) is 16.3 Å². The molecular weight excluding hydrogens is 428 g/mol. The van der Waals surface area contributed by atoms with Crippen molar-refractivity contribution in [3.63, 3.8) is 0 Å². The van der Waals surface area contributed by atoms with Crippen LogP contribution in [0.25, 0.3) is 21.5 Å². The monoisotopic (exact) mass is 444 g/mol. The Balaban J connectivity index is 0.000000177. The normalized spacial score (nSPS) is 11.0. The van der Waals surface area contributed by atoms with E-state index in [1.165, 1.54) is 12.1 Å². The Bertz CT molecular complexity index is 1360. The van der Waals surface area contributed by atoms with Crippen LogP contribution in [0.1, 0.15) is 10.4 Å². The first-order chi connectivity index (χ1) is 14.2. The minimum atomic E-state index is -4.45. The Morgan fingerprint density at radius 2 is 1.50 bits per heavy atom. The van der Waals surface area contributed by atoms with E-state index in [4.69, 9.17) is 27.1 Å². The zero-order chi connectivity index (χ0) is 21.9. The average Bonchev–Trinajstić information content (AvgIpc) is 2.72. The van der Waals surface area contributed by atoms with Crippen molar-refractivity contribution in [3.05, 3.63) is 83.4 Å². The van der Waals surface area contributed by atoms with Crippen molar-refractivity contribution in [3.8, 4) is 0 Å². The maximum atomic E-state index is 11.2. The molecule has 0 aliphatic heterocycles. The van der Waals surface area contributed by atoms with E-state index in [9.17, 15) is 13.2 Å². The van der Waals surface area contributed by atoms with Crippen LogP contribution in [0.15, 0.2) is 77.7 Å². The van der Waals surface area contributed by atoms with Crippen LogP contribution in [0.4, 0.5) is 5.69 Å². The second-order valence-corrected chi connectivity index (χ2v) is 8.06. The van der Waals surface area contributed by atoms with Crippen molar-refractivity contribution in [2.24, 2.45) is 5.84 Å². The number of hydrogen-bond acceptors (Lipinski definition) is 5. The third-order valence-corrected chi connectivity index (χ3v) is 5.58. The Morgan fingerprint density at radius 3 is 2.10 bits per heavy atom. The number of hydrazine groups is 1. The van der Waals surface area contributed by atoms with E-state index in [1.807, 2.05) is 36.4 Å². The van der Waals surface area contributed by atoms with Crippen LogP contribution in [0, 0.1) is 0 Å². The summed E-state index contributed by atoms with van der Waals surface area (Å²) in [5.41, 5.74) is 3.20. The molecule has 0 fully saturated rings. The number of carboxylic acid groups (broad SMARTS) is 1. The molecule has 0 aliphatic rings. The van der Waals surface area contributed by atoms with Gasteiger partial charge >= 0.3 is 5.97 Å². The number of benzene rings is 4. The van der Waals surface area contributed by atoms with E-state index in [0.717, 1.165) is 22.5 Å². The Kier molecular flexibility index (Phi) is 6.23. The van der Waals surface area contributed by atoms with Crippen LogP contribution in [-0.4, -0.2) is 24.0 Å². The Hall–Kier alpha value is -3.17. The molecule has 0 aromatic heterocycles. The van der Waals surface area contributed by atoms with Gasteiger partial charge in [0.1, 0.15) is 4.90 Å². The summed E-state index contributed by atoms with van der Waals surface area (Å²) in [5, 5.41) is 12.4. The molecule has 0 saturated heterocycles. The lowest BCUT2D eigenvalue weighted by molar-refractivity contribution is 0.0697.